The number of halogens is 1. The summed E-state index contributed by atoms with van der Waals surface area (Å²) in [6.45, 7) is 7.27. The predicted molar refractivity (Wildman–Crippen MR) is 86.5 cm³/mol. The minimum absolute atomic E-state index is 0.357. The molecule has 0 aliphatic rings. The molecule has 20 heavy (non-hydrogen) atoms. The van der Waals surface area contributed by atoms with Crippen molar-refractivity contribution < 1.29 is 4.74 Å². The third-order valence-corrected chi connectivity index (χ3v) is 3.89. The number of hydrogen-bond acceptors (Lipinski definition) is 3. The quantitative estimate of drug-likeness (QED) is 0.757. The summed E-state index contributed by atoms with van der Waals surface area (Å²) in [6, 6.07) is 8.99. The number of nitrogens with one attached hydrogen (secondary N) is 1. The molecule has 4 heteroatoms. The maximum Gasteiger partial charge on any atom is 0.0589 e. The molecule has 1 atom stereocenters. The van der Waals surface area contributed by atoms with Gasteiger partial charge >= 0.3 is 0 Å². The van der Waals surface area contributed by atoms with Crippen molar-refractivity contribution in [2.45, 2.75) is 32.4 Å². The lowest BCUT2D eigenvalue weighted by Crippen LogP contribution is -2.36. The van der Waals surface area contributed by atoms with Crippen LogP contribution >= 0.6 is 11.6 Å². The van der Waals surface area contributed by atoms with Gasteiger partial charge in [0.25, 0.3) is 0 Å². The fourth-order valence-electron chi connectivity index (χ4n) is 2.30. The van der Waals surface area contributed by atoms with Crippen molar-refractivity contribution in [2.75, 3.05) is 33.9 Å². The number of hydrogen-bond donors (Lipinski definition) is 1. The third-order valence-electron chi connectivity index (χ3n) is 3.64. The van der Waals surface area contributed by atoms with Crippen LogP contribution in [0, 0.1) is 0 Å². The fraction of sp³-hybridized carbons (Fsp3) is 0.625. The molecule has 1 N–H and O–H groups in total. The summed E-state index contributed by atoms with van der Waals surface area (Å²) in [5.41, 5.74) is 1.28. The van der Waals surface area contributed by atoms with Crippen LogP contribution in [0.25, 0.3) is 0 Å². The van der Waals surface area contributed by atoms with Gasteiger partial charge in [0, 0.05) is 37.3 Å². The van der Waals surface area contributed by atoms with E-state index in [2.05, 4.69) is 36.2 Å². The van der Waals surface area contributed by atoms with Gasteiger partial charge in [-0.1, -0.05) is 23.7 Å². The fourth-order valence-corrected chi connectivity index (χ4v) is 2.43. The number of ether oxygens (including phenoxy) is 1. The molecule has 0 saturated heterocycles. The van der Waals surface area contributed by atoms with Gasteiger partial charge in [-0.05, 0) is 45.0 Å². The van der Waals surface area contributed by atoms with Crippen LogP contribution in [0.2, 0.25) is 5.02 Å². The van der Waals surface area contributed by atoms with Crippen LogP contribution in [0.4, 0.5) is 0 Å². The molecule has 1 aromatic rings. The normalized spacial score (nSPS) is 13.2. The SMILES string of the molecule is CNC(CCN(CCOC)C(C)C)c1ccc(Cl)cc1. The molecule has 0 aliphatic heterocycles. The topological polar surface area (TPSA) is 24.5 Å². The summed E-state index contributed by atoms with van der Waals surface area (Å²) >= 11 is 5.94. The Balaban J connectivity index is 2.56. The van der Waals surface area contributed by atoms with Gasteiger partial charge in [-0.15, -0.1) is 0 Å². The maximum atomic E-state index is 5.94. The van der Waals surface area contributed by atoms with Crippen molar-refractivity contribution in [3.8, 4) is 0 Å². The molecule has 114 valence electrons. The highest BCUT2D eigenvalue weighted by Gasteiger charge is 2.14. The van der Waals surface area contributed by atoms with E-state index in [1.54, 1.807) is 7.11 Å². The van der Waals surface area contributed by atoms with Gasteiger partial charge in [0.2, 0.25) is 0 Å². The Morgan fingerprint density at radius 3 is 2.35 bits per heavy atom. The van der Waals surface area contributed by atoms with E-state index in [1.165, 1.54) is 5.56 Å². The molecule has 0 saturated carbocycles. The van der Waals surface area contributed by atoms with Crippen molar-refractivity contribution in [1.29, 1.82) is 0 Å². The van der Waals surface area contributed by atoms with Gasteiger partial charge in [0.1, 0.15) is 0 Å². The van der Waals surface area contributed by atoms with Crippen LogP contribution in [0.15, 0.2) is 24.3 Å². The van der Waals surface area contributed by atoms with Crippen molar-refractivity contribution in [3.05, 3.63) is 34.9 Å². The minimum Gasteiger partial charge on any atom is -0.383 e. The Morgan fingerprint density at radius 2 is 1.85 bits per heavy atom. The Labute approximate surface area is 128 Å². The summed E-state index contributed by atoms with van der Waals surface area (Å²) < 4.78 is 5.18. The number of rotatable bonds is 9. The zero-order chi connectivity index (χ0) is 15.0. The van der Waals surface area contributed by atoms with E-state index in [0.29, 0.717) is 12.1 Å². The molecule has 0 aliphatic carbocycles. The van der Waals surface area contributed by atoms with Gasteiger partial charge in [-0.3, -0.25) is 4.90 Å². The second kappa shape index (κ2) is 9.35. The Morgan fingerprint density at radius 1 is 1.20 bits per heavy atom. The lowest BCUT2D eigenvalue weighted by molar-refractivity contribution is 0.126. The molecule has 0 bridgehead atoms. The first kappa shape index (κ1) is 17.4. The highest BCUT2D eigenvalue weighted by Crippen LogP contribution is 2.19. The Hall–Kier alpha value is -0.610. The Bertz CT molecular complexity index is 367. The van der Waals surface area contributed by atoms with Crippen LogP contribution in [-0.4, -0.2) is 44.8 Å². The molecule has 0 amide bonds. The van der Waals surface area contributed by atoms with E-state index in [9.17, 15) is 0 Å². The van der Waals surface area contributed by atoms with E-state index in [0.717, 1.165) is 31.1 Å². The molecule has 0 spiro atoms. The van der Waals surface area contributed by atoms with Crippen LogP contribution in [0.3, 0.4) is 0 Å². The number of methoxy groups -OCH3 is 1. The van der Waals surface area contributed by atoms with E-state index >= 15 is 0 Å². The molecular formula is C16H27ClN2O. The molecule has 1 unspecified atom stereocenters. The predicted octanol–water partition coefficient (Wildman–Crippen LogP) is 3.35. The van der Waals surface area contributed by atoms with Crippen LogP contribution in [0.5, 0.6) is 0 Å². The minimum atomic E-state index is 0.357. The number of nitrogens with zero attached hydrogens (tertiary/aromatic N) is 1. The summed E-state index contributed by atoms with van der Waals surface area (Å²) in [4.78, 5) is 2.45. The largest absolute Gasteiger partial charge is 0.383 e. The van der Waals surface area contributed by atoms with Crippen molar-refractivity contribution in [3.63, 3.8) is 0 Å². The molecule has 0 aromatic heterocycles. The van der Waals surface area contributed by atoms with Gasteiger partial charge in [-0.2, -0.15) is 0 Å². The Kier molecular flexibility index (Phi) is 8.15. The second-order valence-electron chi connectivity index (χ2n) is 5.30. The maximum absolute atomic E-state index is 5.94. The molecule has 3 nitrogen and oxygen atoms in total. The summed E-state index contributed by atoms with van der Waals surface area (Å²) in [6.07, 6.45) is 1.07. The van der Waals surface area contributed by atoms with Crippen LogP contribution in [-0.2, 0) is 4.74 Å². The second-order valence-corrected chi connectivity index (χ2v) is 5.74. The van der Waals surface area contributed by atoms with Crippen LogP contribution < -0.4 is 5.32 Å². The van der Waals surface area contributed by atoms with Crippen molar-refractivity contribution in [1.82, 2.24) is 10.2 Å². The van der Waals surface area contributed by atoms with E-state index in [-0.39, 0.29) is 0 Å². The molecule has 0 heterocycles. The average molecular weight is 299 g/mol. The van der Waals surface area contributed by atoms with Gasteiger partial charge in [0.15, 0.2) is 0 Å². The van der Waals surface area contributed by atoms with E-state index in [1.807, 2.05) is 19.2 Å². The lowest BCUT2D eigenvalue weighted by atomic mass is 10.0. The van der Waals surface area contributed by atoms with E-state index < -0.39 is 0 Å². The first-order chi connectivity index (χ1) is 9.58. The first-order valence-electron chi connectivity index (χ1n) is 7.24. The van der Waals surface area contributed by atoms with Gasteiger partial charge in [-0.25, -0.2) is 0 Å². The van der Waals surface area contributed by atoms with E-state index in [4.69, 9.17) is 16.3 Å². The van der Waals surface area contributed by atoms with Crippen molar-refractivity contribution in [2.24, 2.45) is 0 Å². The molecular weight excluding hydrogens is 272 g/mol. The van der Waals surface area contributed by atoms with Crippen molar-refractivity contribution >= 4 is 11.6 Å². The standard InChI is InChI=1S/C16H27ClN2O/c1-13(2)19(11-12-20-4)10-9-16(18-3)14-5-7-15(17)8-6-14/h5-8,13,16,18H,9-12H2,1-4H3. The zero-order valence-corrected chi connectivity index (χ0v) is 13.8. The number of benzene rings is 1. The third kappa shape index (κ3) is 5.80. The smallest absolute Gasteiger partial charge is 0.0589 e. The van der Waals surface area contributed by atoms with Gasteiger partial charge < -0.3 is 10.1 Å². The molecule has 1 aromatic carbocycles. The molecule has 0 radical (unpaired) electrons. The summed E-state index contributed by atoms with van der Waals surface area (Å²) in [5.74, 6) is 0. The van der Waals surface area contributed by atoms with Crippen LogP contribution in [0.1, 0.15) is 31.9 Å². The average Bonchev–Trinajstić information content (AvgIpc) is 2.44. The highest BCUT2D eigenvalue weighted by atomic mass is 35.5. The summed E-state index contributed by atoms with van der Waals surface area (Å²) in [7, 11) is 3.76. The summed E-state index contributed by atoms with van der Waals surface area (Å²) in [5, 5.41) is 4.17. The monoisotopic (exact) mass is 298 g/mol. The first-order valence-corrected chi connectivity index (χ1v) is 7.62. The lowest BCUT2D eigenvalue weighted by Gasteiger charge is -2.28. The molecule has 0 fully saturated rings. The zero-order valence-electron chi connectivity index (χ0n) is 13.0. The molecule has 1 rings (SSSR count). The highest BCUT2D eigenvalue weighted by molar-refractivity contribution is 6.30. The van der Waals surface area contributed by atoms with Gasteiger partial charge in [0.05, 0.1) is 6.61 Å².